The molecule has 1 N–H and O–H groups in total. The number of ether oxygens (including phenoxy) is 3. The van der Waals surface area contributed by atoms with E-state index in [1.54, 1.807) is 47.4 Å². The number of hydrogen-bond donors (Lipinski definition) is 1. The number of benzene rings is 2. The summed E-state index contributed by atoms with van der Waals surface area (Å²) in [6.45, 7) is 1.77. The van der Waals surface area contributed by atoms with Crippen LogP contribution in [0.1, 0.15) is 22.8 Å². The molecule has 1 aliphatic heterocycles. The molecule has 0 atom stereocenters. The highest BCUT2D eigenvalue weighted by atomic mass is 127. The Morgan fingerprint density at radius 3 is 2.65 bits per heavy atom. The Kier molecular flexibility index (Phi) is 8.56. The summed E-state index contributed by atoms with van der Waals surface area (Å²) in [5.74, 6) is -1.09. The van der Waals surface area contributed by atoms with Gasteiger partial charge >= 0.3 is 11.9 Å². The van der Waals surface area contributed by atoms with Crippen LogP contribution in [0.15, 0.2) is 46.3 Å². The largest absolute Gasteiger partial charge is 0.493 e. The first-order valence-electron chi connectivity index (χ1n) is 9.98. The van der Waals surface area contributed by atoms with Gasteiger partial charge in [-0.2, -0.15) is 0 Å². The molecule has 1 heterocycles. The number of rotatable bonds is 8. The van der Waals surface area contributed by atoms with E-state index >= 15 is 0 Å². The molecule has 0 aromatic heterocycles. The number of carboxylic acid groups (broad SMARTS) is 1. The van der Waals surface area contributed by atoms with Crippen molar-refractivity contribution in [1.82, 2.24) is 4.90 Å². The van der Waals surface area contributed by atoms with Crippen molar-refractivity contribution >= 4 is 69.1 Å². The first-order valence-corrected chi connectivity index (χ1v) is 11.9. The summed E-state index contributed by atoms with van der Waals surface area (Å²) in [7, 11) is 2.76. The number of aliphatic imine (C=N–C) groups is 1. The molecule has 34 heavy (non-hydrogen) atoms. The zero-order valence-electron chi connectivity index (χ0n) is 18.5. The van der Waals surface area contributed by atoms with Gasteiger partial charge in [-0.3, -0.25) is 9.69 Å². The van der Waals surface area contributed by atoms with Crippen LogP contribution >= 0.6 is 34.4 Å². The minimum absolute atomic E-state index is 0.199. The topological polar surface area (TPSA) is 115 Å². The lowest BCUT2D eigenvalue weighted by molar-refractivity contribution is -0.139. The number of likely N-dealkylation sites (N-methyl/N-ethyl adjacent to an activating group) is 1. The summed E-state index contributed by atoms with van der Waals surface area (Å²) >= 11 is 3.24. The average Bonchev–Trinajstić information content (AvgIpc) is 3.10. The Morgan fingerprint density at radius 2 is 2.00 bits per heavy atom. The average molecular weight is 596 g/mol. The molecule has 0 radical (unpaired) electrons. The molecule has 2 aromatic carbocycles. The molecule has 11 heteroatoms. The van der Waals surface area contributed by atoms with Gasteiger partial charge < -0.3 is 19.3 Å². The maximum absolute atomic E-state index is 13.0. The van der Waals surface area contributed by atoms with Crippen LogP contribution in [-0.2, 0) is 14.3 Å². The molecule has 0 bridgehead atoms. The van der Waals surface area contributed by atoms with Crippen LogP contribution < -0.4 is 9.47 Å². The van der Waals surface area contributed by atoms with Gasteiger partial charge in [0, 0.05) is 6.54 Å². The van der Waals surface area contributed by atoms with Crippen molar-refractivity contribution in [3.8, 4) is 11.5 Å². The zero-order chi connectivity index (χ0) is 24.8. The third kappa shape index (κ3) is 5.89. The number of esters is 1. The van der Waals surface area contributed by atoms with Crippen LogP contribution in [0, 0.1) is 3.57 Å². The molecule has 3 rings (SSSR count). The van der Waals surface area contributed by atoms with Gasteiger partial charge in [-0.1, -0.05) is 6.07 Å². The maximum atomic E-state index is 13.0. The second kappa shape index (κ2) is 11.4. The van der Waals surface area contributed by atoms with Crippen LogP contribution in [0.3, 0.4) is 0 Å². The molecular formula is C23H21IN2O7S. The number of carboxylic acids is 1. The molecule has 1 aliphatic rings. The van der Waals surface area contributed by atoms with Crippen LogP contribution in [0.5, 0.6) is 11.5 Å². The Hall–Kier alpha value is -3.06. The fraction of sp³-hybridized carbons (Fsp3) is 0.217. The summed E-state index contributed by atoms with van der Waals surface area (Å²) in [5, 5.41) is 9.37. The standard InChI is InChI=1S/C23H21IN2O7S/c1-4-26-21(29)18(34-23(26)25-15-7-5-6-14(11-15)22(30)32-3)10-13-8-16(24)20(17(9-13)31-2)33-12-19(27)28/h5-11H,4,12H2,1-3H3,(H,27,28). The van der Waals surface area contributed by atoms with Gasteiger partial charge in [-0.05, 0) is 83.2 Å². The van der Waals surface area contributed by atoms with E-state index in [0.717, 1.165) is 0 Å². The molecule has 0 saturated carbocycles. The number of hydrogen-bond acceptors (Lipinski definition) is 8. The van der Waals surface area contributed by atoms with Crippen molar-refractivity contribution in [2.75, 3.05) is 27.4 Å². The van der Waals surface area contributed by atoms with E-state index in [-0.39, 0.29) is 5.91 Å². The summed E-state index contributed by atoms with van der Waals surface area (Å²) in [5.41, 5.74) is 1.57. The fourth-order valence-corrected chi connectivity index (χ4v) is 4.89. The Bertz CT molecular complexity index is 1200. The van der Waals surface area contributed by atoms with E-state index in [9.17, 15) is 14.4 Å². The van der Waals surface area contributed by atoms with Crippen LogP contribution in [0.4, 0.5) is 5.69 Å². The Morgan fingerprint density at radius 1 is 1.24 bits per heavy atom. The van der Waals surface area contributed by atoms with Gasteiger partial charge in [0.2, 0.25) is 0 Å². The van der Waals surface area contributed by atoms with E-state index in [1.807, 2.05) is 29.5 Å². The highest BCUT2D eigenvalue weighted by molar-refractivity contribution is 14.1. The zero-order valence-corrected chi connectivity index (χ0v) is 21.5. The van der Waals surface area contributed by atoms with Gasteiger partial charge in [0.05, 0.1) is 33.9 Å². The van der Waals surface area contributed by atoms with Crippen LogP contribution in [-0.4, -0.2) is 60.4 Å². The van der Waals surface area contributed by atoms with Crippen LogP contribution in [0.2, 0.25) is 0 Å². The molecule has 178 valence electrons. The lowest BCUT2D eigenvalue weighted by Gasteiger charge is -2.13. The SMILES string of the molecule is CCN1C(=O)C(=Cc2cc(I)c(OCC(=O)O)c(OC)c2)SC1=Nc1cccc(C(=O)OC)c1. The first-order chi connectivity index (χ1) is 16.3. The Labute approximate surface area is 213 Å². The minimum atomic E-state index is -1.10. The van der Waals surface area contributed by atoms with E-state index in [1.165, 1.54) is 26.0 Å². The summed E-state index contributed by atoms with van der Waals surface area (Å²) < 4.78 is 16.1. The number of thioether (sulfide) groups is 1. The van der Waals surface area contributed by atoms with Gasteiger partial charge in [-0.25, -0.2) is 14.6 Å². The van der Waals surface area contributed by atoms with Gasteiger partial charge in [0.1, 0.15) is 0 Å². The first kappa shape index (κ1) is 25.6. The van der Waals surface area contributed by atoms with Crippen LogP contribution in [0.25, 0.3) is 6.08 Å². The molecule has 1 fully saturated rings. The van der Waals surface area contributed by atoms with E-state index in [2.05, 4.69) is 4.99 Å². The highest BCUT2D eigenvalue weighted by Crippen LogP contribution is 2.38. The lowest BCUT2D eigenvalue weighted by atomic mass is 10.2. The normalized spacial score (nSPS) is 15.6. The van der Waals surface area contributed by atoms with Crippen molar-refractivity contribution < 1.29 is 33.7 Å². The summed E-state index contributed by atoms with van der Waals surface area (Å²) in [6.07, 6.45) is 1.72. The quantitative estimate of drug-likeness (QED) is 0.275. The van der Waals surface area contributed by atoms with Crippen molar-refractivity contribution in [3.63, 3.8) is 0 Å². The molecule has 9 nitrogen and oxygen atoms in total. The molecule has 0 unspecified atom stereocenters. The maximum Gasteiger partial charge on any atom is 0.341 e. The molecule has 1 saturated heterocycles. The molecule has 2 aromatic rings. The lowest BCUT2D eigenvalue weighted by Crippen LogP contribution is -2.28. The van der Waals surface area contributed by atoms with Crippen molar-refractivity contribution in [2.24, 2.45) is 4.99 Å². The predicted molar refractivity (Wildman–Crippen MR) is 137 cm³/mol. The molecule has 0 aliphatic carbocycles. The van der Waals surface area contributed by atoms with E-state index < -0.39 is 18.5 Å². The molecule has 1 amide bonds. The summed E-state index contributed by atoms with van der Waals surface area (Å²) in [6, 6.07) is 10.1. The van der Waals surface area contributed by atoms with Gasteiger partial charge in [-0.15, -0.1) is 0 Å². The number of carbonyl (C=O) groups is 3. The number of amidine groups is 1. The van der Waals surface area contributed by atoms with Crippen molar-refractivity contribution in [2.45, 2.75) is 6.92 Å². The number of methoxy groups -OCH3 is 2. The number of nitrogens with zero attached hydrogens (tertiary/aromatic N) is 2. The second-order valence-electron chi connectivity index (χ2n) is 6.81. The number of carbonyl (C=O) groups excluding carboxylic acids is 2. The third-order valence-corrected chi connectivity index (χ3v) is 6.39. The van der Waals surface area contributed by atoms with Crippen molar-refractivity contribution in [3.05, 3.63) is 56.0 Å². The predicted octanol–water partition coefficient (Wildman–Crippen LogP) is 4.17. The van der Waals surface area contributed by atoms with E-state index in [0.29, 0.717) is 48.5 Å². The Balaban J connectivity index is 1.93. The third-order valence-electron chi connectivity index (χ3n) is 4.59. The van der Waals surface area contributed by atoms with Gasteiger partial charge in [0.15, 0.2) is 23.3 Å². The minimum Gasteiger partial charge on any atom is -0.493 e. The summed E-state index contributed by atoms with van der Waals surface area (Å²) in [4.78, 5) is 42.2. The van der Waals surface area contributed by atoms with E-state index in [4.69, 9.17) is 19.3 Å². The smallest absolute Gasteiger partial charge is 0.341 e. The van der Waals surface area contributed by atoms with Gasteiger partial charge in [0.25, 0.3) is 5.91 Å². The fourth-order valence-electron chi connectivity index (χ4n) is 3.05. The number of amides is 1. The molecular weight excluding hydrogens is 575 g/mol. The highest BCUT2D eigenvalue weighted by Gasteiger charge is 2.32. The second-order valence-corrected chi connectivity index (χ2v) is 8.98. The number of aliphatic carboxylic acids is 1. The molecule has 0 spiro atoms. The van der Waals surface area contributed by atoms with Crippen molar-refractivity contribution in [1.29, 1.82) is 0 Å². The monoisotopic (exact) mass is 596 g/mol. The number of halogens is 1.